The Bertz CT molecular complexity index is 788. The van der Waals surface area contributed by atoms with E-state index in [0.29, 0.717) is 12.3 Å². The predicted octanol–water partition coefficient (Wildman–Crippen LogP) is 4.41. The van der Waals surface area contributed by atoms with E-state index in [9.17, 15) is 14.7 Å². The van der Waals surface area contributed by atoms with Crippen LogP contribution in [0, 0.1) is 0 Å². The molecule has 172 valence electrons. The van der Waals surface area contributed by atoms with Gasteiger partial charge in [0.05, 0.1) is 12.6 Å². The Hall–Kier alpha value is -2.28. The molecule has 2 fully saturated rings. The molecule has 3 rings (SSSR count). The van der Waals surface area contributed by atoms with Crippen LogP contribution >= 0.6 is 0 Å². The Kier molecular flexibility index (Phi) is 6.56. The van der Waals surface area contributed by atoms with Crippen molar-refractivity contribution in [3.8, 4) is 0 Å². The van der Waals surface area contributed by atoms with Gasteiger partial charge in [0.1, 0.15) is 17.3 Å². The zero-order valence-corrected chi connectivity index (χ0v) is 19.4. The molecule has 1 amide bonds. The van der Waals surface area contributed by atoms with E-state index >= 15 is 0 Å². The molecule has 7 nitrogen and oxygen atoms in total. The fourth-order valence-electron chi connectivity index (χ4n) is 3.72. The highest BCUT2D eigenvalue weighted by Gasteiger charge is 2.47. The second-order valence-corrected chi connectivity index (χ2v) is 10.5. The molecule has 31 heavy (non-hydrogen) atoms. The third-order valence-corrected chi connectivity index (χ3v) is 5.29. The topological polar surface area (TPSA) is 85.3 Å². The summed E-state index contributed by atoms with van der Waals surface area (Å²) < 4.78 is 16.1. The lowest BCUT2D eigenvalue weighted by Gasteiger charge is -2.29. The maximum atomic E-state index is 12.8. The SMILES string of the molecule is CC(C)(C)OC(=O)O[C@H]1CN(C(=O)OC(C)(C)C)[C@H](Cc2ccc(C3CC3)cc2)[C@@H]1O. The van der Waals surface area contributed by atoms with Gasteiger partial charge < -0.3 is 19.3 Å². The first-order valence-corrected chi connectivity index (χ1v) is 11.0. The maximum Gasteiger partial charge on any atom is 0.509 e. The van der Waals surface area contributed by atoms with E-state index in [-0.39, 0.29) is 6.54 Å². The summed E-state index contributed by atoms with van der Waals surface area (Å²) in [5.41, 5.74) is 0.933. The Balaban J connectivity index is 1.74. The van der Waals surface area contributed by atoms with Crippen molar-refractivity contribution < 1.29 is 28.9 Å². The van der Waals surface area contributed by atoms with Gasteiger partial charge in [-0.15, -0.1) is 0 Å². The van der Waals surface area contributed by atoms with Crippen LogP contribution in [-0.2, 0) is 20.6 Å². The summed E-state index contributed by atoms with van der Waals surface area (Å²) >= 11 is 0. The van der Waals surface area contributed by atoms with Gasteiger partial charge in [0, 0.05) is 0 Å². The summed E-state index contributed by atoms with van der Waals surface area (Å²) in [6.07, 6.45) is -0.453. The highest BCUT2D eigenvalue weighted by molar-refractivity contribution is 5.69. The van der Waals surface area contributed by atoms with Crippen LogP contribution in [0.3, 0.4) is 0 Å². The molecule has 1 heterocycles. The van der Waals surface area contributed by atoms with Crippen LogP contribution in [0.15, 0.2) is 24.3 Å². The second-order valence-electron chi connectivity index (χ2n) is 10.5. The summed E-state index contributed by atoms with van der Waals surface area (Å²) in [7, 11) is 0. The molecule has 1 N–H and O–H groups in total. The van der Waals surface area contributed by atoms with Crippen molar-refractivity contribution in [1.82, 2.24) is 4.90 Å². The summed E-state index contributed by atoms with van der Waals surface area (Å²) in [6.45, 7) is 10.6. The van der Waals surface area contributed by atoms with Gasteiger partial charge in [0.2, 0.25) is 0 Å². The third kappa shape index (κ3) is 6.60. The molecule has 7 heteroatoms. The quantitative estimate of drug-likeness (QED) is 0.708. The van der Waals surface area contributed by atoms with Gasteiger partial charge in [-0.05, 0) is 77.8 Å². The summed E-state index contributed by atoms with van der Waals surface area (Å²) in [6, 6.07) is 7.72. The number of benzene rings is 1. The summed E-state index contributed by atoms with van der Waals surface area (Å²) in [5, 5.41) is 10.9. The van der Waals surface area contributed by atoms with Crippen LogP contribution < -0.4 is 0 Å². The first kappa shape index (κ1) is 23.4. The molecular weight excluding hydrogens is 398 g/mol. The normalized spacial score (nSPS) is 24.1. The lowest BCUT2D eigenvalue weighted by Crippen LogP contribution is -2.43. The molecule has 1 aliphatic heterocycles. The average molecular weight is 434 g/mol. The number of aliphatic hydroxyl groups excluding tert-OH is 1. The van der Waals surface area contributed by atoms with Gasteiger partial charge >= 0.3 is 12.2 Å². The van der Waals surface area contributed by atoms with Crippen molar-refractivity contribution in [2.24, 2.45) is 0 Å². The van der Waals surface area contributed by atoms with Crippen molar-refractivity contribution >= 4 is 12.2 Å². The molecule has 3 atom stereocenters. The second kappa shape index (κ2) is 8.69. The monoisotopic (exact) mass is 433 g/mol. The minimum absolute atomic E-state index is 0.0418. The van der Waals surface area contributed by atoms with Crippen LogP contribution in [0.2, 0.25) is 0 Å². The molecule has 0 bridgehead atoms. The highest BCUT2D eigenvalue weighted by Crippen LogP contribution is 2.40. The number of nitrogens with zero attached hydrogens (tertiary/aromatic N) is 1. The molecule has 1 aromatic rings. The Labute approximate surface area is 184 Å². The molecule has 0 radical (unpaired) electrons. The average Bonchev–Trinajstić information content (AvgIpc) is 3.41. The number of ether oxygens (including phenoxy) is 3. The number of hydrogen-bond acceptors (Lipinski definition) is 6. The standard InChI is InChI=1S/C24H35NO6/c1-23(2,3)30-21(27)25-14-19(29-22(28)31-24(4,5)6)20(26)18(25)13-15-7-9-16(10-8-15)17-11-12-17/h7-10,17-20,26H,11-14H2,1-6H3/t18-,19+,20+/m1/s1. The lowest BCUT2D eigenvalue weighted by molar-refractivity contribution is -0.0486. The number of carbonyl (C=O) groups is 2. The largest absolute Gasteiger partial charge is 0.509 e. The first-order valence-electron chi connectivity index (χ1n) is 11.0. The van der Waals surface area contributed by atoms with Crippen molar-refractivity contribution in [3.63, 3.8) is 0 Å². The van der Waals surface area contributed by atoms with Crippen molar-refractivity contribution in [3.05, 3.63) is 35.4 Å². The first-order chi connectivity index (χ1) is 14.3. The number of carbonyl (C=O) groups excluding carboxylic acids is 2. The van der Waals surface area contributed by atoms with Crippen LogP contribution in [0.4, 0.5) is 9.59 Å². The van der Waals surface area contributed by atoms with E-state index in [0.717, 1.165) is 5.56 Å². The van der Waals surface area contributed by atoms with Gasteiger partial charge in [0.25, 0.3) is 0 Å². The Morgan fingerprint density at radius 3 is 2.10 bits per heavy atom. The predicted molar refractivity (Wildman–Crippen MR) is 116 cm³/mol. The maximum absolute atomic E-state index is 12.8. The zero-order valence-electron chi connectivity index (χ0n) is 19.4. The van der Waals surface area contributed by atoms with Crippen molar-refractivity contribution in [2.45, 2.75) is 96.2 Å². The minimum Gasteiger partial charge on any atom is -0.444 e. The van der Waals surface area contributed by atoms with Gasteiger partial charge in [0.15, 0.2) is 6.10 Å². The van der Waals surface area contributed by atoms with E-state index in [1.165, 1.54) is 23.3 Å². The van der Waals surface area contributed by atoms with E-state index in [2.05, 4.69) is 12.1 Å². The number of amides is 1. The molecule has 2 aliphatic rings. The number of likely N-dealkylation sites (tertiary alicyclic amines) is 1. The van der Waals surface area contributed by atoms with Crippen molar-refractivity contribution in [1.29, 1.82) is 0 Å². The van der Waals surface area contributed by atoms with E-state index in [4.69, 9.17) is 14.2 Å². The number of aliphatic hydroxyl groups is 1. The van der Waals surface area contributed by atoms with E-state index < -0.39 is 41.7 Å². The molecule has 1 aromatic carbocycles. The van der Waals surface area contributed by atoms with Crippen molar-refractivity contribution in [2.75, 3.05) is 6.54 Å². The van der Waals surface area contributed by atoms with E-state index in [1.54, 1.807) is 41.5 Å². The molecule has 0 aromatic heterocycles. The number of rotatable bonds is 4. The molecule has 1 aliphatic carbocycles. The van der Waals surface area contributed by atoms with Gasteiger partial charge in [-0.1, -0.05) is 24.3 Å². The number of hydrogen-bond donors (Lipinski definition) is 1. The van der Waals surface area contributed by atoms with Gasteiger partial charge in [-0.3, -0.25) is 4.90 Å². The van der Waals surface area contributed by atoms with Crippen LogP contribution in [0.1, 0.15) is 71.4 Å². The molecule has 0 spiro atoms. The van der Waals surface area contributed by atoms with Crippen LogP contribution in [0.5, 0.6) is 0 Å². The fourth-order valence-corrected chi connectivity index (χ4v) is 3.72. The Morgan fingerprint density at radius 2 is 1.58 bits per heavy atom. The van der Waals surface area contributed by atoms with Gasteiger partial charge in [-0.25, -0.2) is 9.59 Å². The smallest absolute Gasteiger partial charge is 0.444 e. The minimum atomic E-state index is -1.05. The van der Waals surface area contributed by atoms with Crippen LogP contribution in [0.25, 0.3) is 0 Å². The van der Waals surface area contributed by atoms with Gasteiger partial charge in [-0.2, -0.15) is 0 Å². The third-order valence-electron chi connectivity index (χ3n) is 5.29. The summed E-state index contributed by atoms with van der Waals surface area (Å²) in [4.78, 5) is 26.4. The Morgan fingerprint density at radius 1 is 1.00 bits per heavy atom. The molecule has 0 unspecified atom stereocenters. The van der Waals surface area contributed by atoms with Crippen LogP contribution in [-0.4, -0.2) is 58.3 Å². The lowest BCUT2D eigenvalue weighted by atomic mass is 9.99. The summed E-state index contributed by atoms with van der Waals surface area (Å²) in [5.74, 6) is 0.663. The van der Waals surface area contributed by atoms with E-state index in [1.807, 2.05) is 12.1 Å². The molecular formula is C24H35NO6. The molecule has 1 saturated carbocycles. The zero-order chi connectivity index (χ0) is 23.0. The highest BCUT2D eigenvalue weighted by atomic mass is 16.7. The molecule has 1 saturated heterocycles. The fraction of sp³-hybridized carbons (Fsp3) is 0.667.